The third-order valence-corrected chi connectivity index (χ3v) is 3.30. The molecule has 0 aliphatic carbocycles. The number of fused-ring (bicyclic) bond motifs is 1. The SMILES string of the molecule is Cc1cc(-c2nnc(C)o2)c2nc(C(=O)O)cc(Cl)c2c1. The molecule has 21 heavy (non-hydrogen) atoms. The zero-order chi connectivity index (χ0) is 15.1. The molecular formula is C14H10ClN3O3. The number of carbonyl (C=O) groups is 1. The van der Waals surface area contributed by atoms with Crippen molar-refractivity contribution >= 4 is 28.5 Å². The number of aromatic carboxylic acids is 1. The first-order valence-electron chi connectivity index (χ1n) is 6.10. The summed E-state index contributed by atoms with van der Waals surface area (Å²) in [4.78, 5) is 15.3. The molecule has 0 radical (unpaired) electrons. The second-order valence-corrected chi connectivity index (χ2v) is 5.04. The fraction of sp³-hybridized carbons (Fsp3) is 0.143. The third kappa shape index (κ3) is 2.34. The molecule has 1 N–H and O–H groups in total. The van der Waals surface area contributed by atoms with E-state index < -0.39 is 5.97 Å². The van der Waals surface area contributed by atoms with Crippen molar-refractivity contribution in [3.8, 4) is 11.5 Å². The highest BCUT2D eigenvalue weighted by Gasteiger charge is 2.17. The average Bonchev–Trinajstić information content (AvgIpc) is 2.85. The lowest BCUT2D eigenvalue weighted by Crippen LogP contribution is -2.01. The lowest BCUT2D eigenvalue weighted by molar-refractivity contribution is 0.0691. The number of rotatable bonds is 2. The van der Waals surface area contributed by atoms with Gasteiger partial charge in [-0.1, -0.05) is 11.6 Å². The van der Waals surface area contributed by atoms with Crippen LogP contribution in [0.25, 0.3) is 22.4 Å². The number of aryl methyl sites for hydroxylation is 2. The average molecular weight is 304 g/mol. The molecule has 106 valence electrons. The first-order valence-corrected chi connectivity index (χ1v) is 6.48. The van der Waals surface area contributed by atoms with Crippen molar-refractivity contribution < 1.29 is 14.3 Å². The maximum Gasteiger partial charge on any atom is 0.354 e. The Bertz CT molecular complexity index is 873. The van der Waals surface area contributed by atoms with Gasteiger partial charge in [-0.3, -0.25) is 0 Å². The highest BCUT2D eigenvalue weighted by molar-refractivity contribution is 6.36. The minimum absolute atomic E-state index is 0.131. The summed E-state index contributed by atoms with van der Waals surface area (Å²) in [6.07, 6.45) is 0. The molecule has 1 aromatic carbocycles. The zero-order valence-corrected chi connectivity index (χ0v) is 12.0. The van der Waals surface area contributed by atoms with Gasteiger partial charge in [0.05, 0.1) is 16.1 Å². The first-order chi connectivity index (χ1) is 9.95. The predicted molar refractivity (Wildman–Crippen MR) is 76.5 cm³/mol. The number of hydrogen-bond acceptors (Lipinski definition) is 5. The Morgan fingerprint density at radius 1 is 1.24 bits per heavy atom. The monoisotopic (exact) mass is 303 g/mol. The van der Waals surface area contributed by atoms with Crippen LogP contribution in [0.5, 0.6) is 0 Å². The minimum atomic E-state index is -1.15. The molecule has 3 rings (SSSR count). The normalized spacial score (nSPS) is 11.0. The van der Waals surface area contributed by atoms with Crippen LogP contribution in [0.1, 0.15) is 21.9 Å². The molecule has 3 aromatic rings. The Balaban J connectivity index is 2.40. The van der Waals surface area contributed by atoms with Gasteiger partial charge < -0.3 is 9.52 Å². The van der Waals surface area contributed by atoms with E-state index in [0.717, 1.165) is 5.56 Å². The van der Waals surface area contributed by atoms with Crippen LogP contribution in [0.2, 0.25) is 5.02 Å². The fourth-order valence-corrected chi connectivity index (χ4v) is 2.36. The molecule has 0 spiro atoms. The number of halogens is 1. The molecule has 0 unspecified atom stereocenters. The highest BCUT2D eigenvalue weighted by Crippen LogP contribution is 2.32. The summed E-state index contributed by atoms with van der Waals surface area (Å²) >= 11 is 6.17. The molecule has 0 atom stereocenters. The van der Waals surface area contributed by atoms with E-state index in [1.165, 1.54) is 6.07 Å². The summed E-state index contributed by atoms with van der Waals surface area (Å²) in [5, 5.41) is 17.8. The van der Waals surface area contributed by atoms with Crippen molar-refractivity contribution in [1.29, 1.82) is 0 Å². The van der Waals surface area contributed by atoms with Crippen LogP contribution in [0.4, 0.5) is 0 Å². The highest BCUT2D eigenvalue weighted by atomic mass is 35.5. The predicted octanol–water partition coefficient (Wildman–Crippen LogP) is 3.25. The molecule has 2 heterocycles. The standard InChI is InChI=1S/C14H10ClN3O3/c1-6-3-8-10(15)5-11(14(19)20)16-12(8)9(4-6)13-18-17-7(2)21-13/h3-5H,1-2H3,(H,19,20). The van der Waals surface area contributed by atoms with E-state index in [0.29, 0.717) is 27.4 Å². The number of carboxylic acids is 1. The maximum absolute atomic E-state index is 11.1. The van der Waals surface area contributed by atoms with Crippen LogP contribution >= 0.6 is 11.6 Å². The largest absolute Gasteiger partial charge is 0.477 e. The number of aromatic nitrogens is 3. The Labute approximate surface area is 124 Å². The van der Waals surface area contributed by atoms with E-state index in [2.05, 4.69) is 15.2 Å². The van der Waals surface area contributed by atoms with Crippen molar-refractivity contribution in [3.63, 3.8) is 0 Å². The maximum atomic E-state index is 11.1. The van der Waals surface area contributed by atoms with Crippen LogP contribution in [-0.2, 0) is 0 Å². The Hall–Kier alpha value is -2.47. The van der Waals surface area contributed by atoms with Crippen molar-refractivity contribution in [2.45, 2.75) is 13.8 Å². The van der Waals surface area contributed by atoms with Gasteiger partial charge in [0.2, 0.25) is 11.8 Å². The van der Waals surface area contributed by atoms with Gasteiger partial charge in [-0.2, -0.15) is 0 Å². The summed E-state index contributed by atoms with van der Waals surface area (Å²) in [7, 11) is 0. The van der Waals surface area contributed by atoms with Gasteiger partial charge in [-0.25, -0.2) is 9.78 Å². The van der Waals surface area contributed by atoms with Crippen LogP contribution in [0, 0.1) is 13.8 Å². The zero-order valence-electron chi connectivity index (χ0n) is 11.2. The Kier molecular flexibility index (Phi) is 3.10. The molecule has 0 saturated carbocycles. The summed E-state index contributed by atoms with van der Waals surface area (Å²) < 4.78 is 5.42. The number of pyridine rings is 1. The lowest BCUT2D eigenvalue weighted by atomic mass is 10.0. The van der Waals surface area contributed by atoms with E-state index in [4.69, 9.17) is 21.1 Å². The van der Waals surface area contributed by atoms with Gasteiger partial charge in [-0.15, -0.1) is 10.2 Å². The van der Waals surface area contributed by atoms with Crippen LogP contribution in [-0.4, -0.2) is 26.3 Å². The molecule has 0 fully saturated rings. The van der Waals surface area contributed by atoms with Crippen LogP contribution < -0.4 is 0 Å². The fourth-order valence-electron chi connectivity index (χ4n) is 2.11. The van der Waals surface area contributed by atoms with Crippen molar-refractivity contribution in [3.05, 3.63) is 40.4 Å². The van der Waals surface area contributed by atoms with E-state index in [1.807, 2.05) is 19.1 Å². The Morgan fingerprint density at radius 2 is 2.00 bits per heavy atom. The molecule has 0 saturated heterocycles. The summed E-state index contributed by atoms with van der Waals surface area (Å²) in [5.41, 5.74) is 1.79. The number of nitrogens with zero attached hydrogens (tertiary/aromatic N) is 3. The van der Waals surface area contributed by atoms with E-state index in [9.17, 15) is 4.79 Å². The number of hydrogen-bond donors (Lipinski definition) is 1. The van der Waals surface area contributed by atoms with Crippen molar-refractivity contribution in [1.82, 2.24) is 15.2 Å². The van der Waals surface area contributed by atoms with Crippen LogP contribution in [0.3, 0.4) is 0 Å². The van der Waals surface area contributed by atoms with Gasteiger partial charge in [0, 0.05) is 12.3 Å². The molecule has 0 aliphatic heterocycles. The molecular weight excluding hydrogens is 294 g/mol. The smallest absolute Gasteiger partial charge is 0.354 e. The van der Waals surface area contributed by atoms with Gasteiger partial charge in [0.1, 0.15) is 5.69 Å². The van der Waals surface area contributed by atoms with Crippen molar-refractivity contribution in [2.24, 2.45) is 0 Å². The first kappa shape index (κ1) is 13.5. The quantitative estimate of drug-likeness (QED) is 0.781. The lowest BCUT2D eigenvalue weighted by Gasteiger charge is -2.07. The molecule has 0 aliphatic rings. The summed E-state index contributed by atoms with van der Waals surface area (Å²) in [5.74, 6) is -0.445. The molecule has 6 nitrogen and oxygen atoms in total. The van der Waals surface area contributed by atoms with Gasteiger partial charge in [0.15, 0.2) is 0 Å². The van der Waals surface area contributed by atoms with Gasteiger partial charge in [-0.05, 0) is 30.7 Å². The topological polar surface area (TPSA) is 89.1 Å². The summed E-state index contributed by atoms with van der Waals surface area (Å²) in [6.45, 7) is 3.57. The van der Waals surface area contributed by atoms with Crippen LogP contribution in [0.15, 0.2) is 22.6 Å². The van der Waals surface area contributed by atoms with Gasteiger partial charge >= 0.3 is 5.97 Å². The second-order valence-electron chi connectivity index (χ2n) is 4.63. The van der Waals surface area contributed by atoms with E-state index in [1.54, 1.807) is 6.92 Å². The van der Waals surface area contributed by atoms with E-state index in [-0.39, 0.29) is 11.6 Å². The number of carboxylic acid groups (broad SMARTS) is 1. The third-order valence-electron chi connectivity index (χ3n) is 2.98. The Morgan fingerprint density at radius 3 is 2.62 bits per heavy atom. The number of benzene rings is 1. The second kappa shape index (κ2) is 4.82. The molecule has 0 amide bonds. The molecule has 0 bridgehead atoms. The molecule has 7 heteroatoms. The molecule has 2 aromatic heterocycles. The summed E-state index contributed by atoms with van der Waals surface area (Å²) in [6, 6.07) is 4.97. The van der Waals surface area contributed by atoms with Crippen molar-refractivity contribution in [2.75, 3.05) is 0 Å². The van der Waals surface area contributed by atoms with Gasteiger partial charge in [0.25, 0.3) is 0 Å². The minimum Gasteiger partial charge on any atom is -0.477 e. The van der Waals surface area contributed by atoms with E-state index >= 15 is 0 Å².